The highest BCUT2D eigenvalue weighted by Crippen LogP contribution is 2.43. The summed E-state index contributed by atoms with van der Waals surface area (Å²) in [4.78, 5) is 5.38. The maximum absolute atomic E-state index is 6.17. The zero-order valence-corrected chi connectivity index (χ0v) is 10.6. The highest BCUT2D eigenvalue weighted by Gasteiger charge is 2.41. The van der Waals surface area contributed by atoms with Crippen LogP contribution in [0.15, 0.2) is 0 Å². The topological polar surface area (TPSA) is 30.5 Å². The van der Waals surface area contributed by atoms with Crippen molar-refractivity contribution in [2.75, 3.05) is 13.2 Å². The van der Waals surface area contributed by atoms with Crippen LogP contribution in [0.2, 0.25) is 0 Å². The van der Waals surface area contributed by atoms with Crippen LogP contribution in [-0.4, -0.2) is 24.9 Å². The fourth-order valence-electron chi connectivity index (χ4n) is 2.80. The van der Waals surface area contributed by atoms with E-state index < -0.39 is 0 Å². The summed E-state index contributed by atoms with van der Waals surface area (Å²) in [5, 5.41) is 0. The second-order valence-corrected chi connectivity index (χ2v) is 5.72. The molecule has 0 aromatic rings. The van der Waals surface area contributed by atoms with Crippen molar-refractivity contribution in [3.8, 4) is 0 Å². The Hall–Kier alpha value is -0.120. The molecule has 1 spiro atoms. The van der Waals surface area contributed by atoms with Crippen molar-refractivity contribution in [2.45, 2.75) is 64.1 Å². The van der Waals surface area contributed by atoms with Crippen LogP contribution in [0.4, 0.5) is 0 Å². The molecule has 1 unspecified atom stereocenters. The van der Waals surface area contributed by atoms with Gasteiger partial charge in [0.05, 0.1) is 18.3 Å². The number of hydrogen-bond donors (Lipinski definition) is 1. The summed E-state index contributed by atoms with van der Waals surface area (Å²) in [6, 6.07) is 0. The smallest absolute Gasteiger partial charge is 0.0731 e. The van der Waals surface area contributed by atoms with Gasteiger partial charge in [-0.15, -0.1) is 0 Å². The van der Waals surface area contributed by atoms with E-state index in [0.717, 1.165) is 13.2 Å². The molecular weight excluding hydrogens is 202 g/mol. The SMILES string of the molecule is CC(C)CONCC1CCC2(CCCC2)O1. The van der Waals surface area contributed by atoms with Gasteiger partial charge in [0, 0.05) is 6.54 Å². The molecule has 2 rings (SSSR count). The molecule has 0 aromatic carbocycles. The molecule has 94 valence electrons. The van der Waals surface area contributed by atoms with Crippen LogP contribution in [-0.2, 0) is 9.57 Å². The molecule has 1 saturated heterocycles. The first-order valence-electron chi connectivity index (χ1n) is 6.73. The summed E-state index contributed by atoms with van der Waals surface area (Å²) < 4.78 is 6.17. The van der Waals surface area contributed by atoms with Crippen molar-refractivity contribution in [1.82, 2.24) is 5.48 Å². The lowest BCUT2D eigenvalue weighted by Crippen LogP contribution is -2.31. The summed E-state index contributed by atoms with van der Waals surface area (Å²) in [7, 11) is 0. The van der Waals surface area contributed by atoms with Gasteiger partial charge in [0.15, 0.2) is 0 Å². The average Bonchev–Trinajstić information content (AvgIpc) is 2.85. The van der Waals surface area contributed by atoms with Crippen molar-refractivity contribution >= 4 is 0 Å². The van der Waals surface area contributed by atoms with Gasteiger partial charge in [0.2, 0.25) is 0 Å². The van der Waals surface area contributed by atoms with Crippen LogP contribution in [0, 0.1) is 5.92 Å². The van der Waals surface area contributed by atoms with Gasteiger partial charge in [0.25, 0.3) is 0 Å². The van der Waals surface area contributed by atoms with E-state index in [2.05, 4.69) is 19.3 Å². The quantitative estimate of drug-likeness (QED) is 0.578. The van der Waals surface area contributed by atoms with E-state index in [1.807, 2.05) is 0 Å². The molecule has 1 atom stereocenters. The van der Waals surface area contributed by atoms with Crippen molar-refractivity contribution < 1.29 is 9.57 Å². The molecule has 1 saturated carbocycles. The average molecular weight is 227 g/mol. The van der Waals surface area contributed by atoms with Crippen molar-refractivity contribution in [3.63, 3.8) is 0 Å². The molecule has 3 heteroatoms. The van der Waals surface area contributed by atoms with Gasteiger partial charge in [-0.3, -0.25) is 0 Å². The maximum atomic E-state index is 6.17. The predicted octanol–water partition coefficient (Wildman–Crippen LogP) is 2.66. The Labute approximate surface area is 98.8 Å². The molecule has 1 aliphatic heterocycles. The van der Waals surface area contributed by atoms with Crippen LogP contribution < -0.4 is 5.48 Å². The standard InChI is InChI=1S/C13H25NO2/c1-11(2)10-15-14-9-12-5-8-13(16-12)6-3-4-7-13/h11-12,14H,3-10H2,1-2H3. The summed E-state index contributed by atoms with van der Waals surface area (Å²) >= 11 is 0. The number of nitrogens with one attached hydrogen (secondary N) is 1. The van der Waals surface area contributed by atoms with Crippen LogP contribution >= 0.6 is 0 Å². The van der Waals surface area contributed by atoms with Gasteiger partial charge in [0.1, 0.15) is 0 Å². The Morgan fingerprint density at radius 2 is 2.06 bits per heavy atom. The Balaban J connectivity index is 1.61. The molecule has 0 aromatic heterocycles. The fraction of sp³-hybridized carbons (Fsp3) is 1.00. The molecule has 0 bridgehead atoms. The zero-order chi connectivity index (χ0) is 11.4. The highest BCUT2D eigenvalue weighted by atomic mass is 16.6. The van der Waals surface area contributed by atoms with E-state index in [9.17, 15) is 0 Å². The Kier molecular flexibility index (Phi) is 4.22. The van der Waals surface area contributed by atoms with Gasteiger partial charge >= 0.3 is 0 Å². The van der Waals surface area contributed by atoms with Crippen molar-refractivity contribution in [3.05, 3.63) is 0 Å². The van der Waals surface area contributed by atoms with Gasteiger partial charge in [-0.2, -0.15) is 5.48 Å². The normalized spacial score (nSPS) is 28.3. The number of rotatable bonds is 5. The number of hydrogen-bond acceptors (Lipinski definition) is 3. The van der Waals surface area contributed by atoms with Crippen LogP contribution in [0.5, 0.6) is 0 Å². The van der Waals surface area contributed by atoms with Gasteiger partial charge in [-0.25, -0.2) is 0 Å². The monoisotopic (exact) mass is 227 g/mol. The molecule has 2 aliphatic rings. The van der Waals surface area contributed by atoms with E-state index in [0.29, 0.717) is 12.0 Å². The third-order valence-electron chi connectivity index (χ3n) is 3.68. The summed E-state index contributed by atoms with van der Waals surface area (Å²) in [5.41, 5.74) is 3.29. The van der Waals surface area contributed by atoms with Gasteiger partial charge in [-0.05, 0) is 31.6 Å². The van der Waals surface area contributed by atoms with E-state index in [1.165, 1.54) is 38.5 Å². The number of ether oxygens (including phenoxy) is 1. The minimum atomic E-state index is 0.254. The molecular formula is C13H25NO2. The van der Waals surface area contributed by atoms with Crippen LogP contribution in [0.1, 0.15) is 52.4 Å². The van der Waals surface area contributed by atoms with Crippen molar-refractivity contribution in [2.24, 2.45) is 5.92 Å². The largest absolute Gasteiger partial charge is 0.370 e. The van der Waals surface area contributed by atoms with E-state index in [4.69, 9.17) is 9.57 Å². The number of hydroxylamine groups is 1. The van der Waals surface area contributed by atoms with Gasteiger partial charge < -0.3 is 9.57 Å². The predicted molar refractivity (Wildman–Crippen MR) is 64.1 cm³/mol. The minimum absolute atomic E-state index is 0.254. The Morgan fingerprint density at radius 1 is 1.31 bits per heavy atom. The third-order valence-corrected chi connectivity index (χ3v) is 3.68. The maximum Gasteiger partial charge on any atom is 0.0731 e. The molecule has 2 fully saturated rings. The third kappa shape index (κ3) is 3.19. The fourth-order valence-corrected chi connectivity index (χ4v) is 2.80. The zero-order valence-electron chi connectivity index (χ0n) is 10.6. The summed E-state index contributed by atoms with van der Waals surface area (Å²) in [6.45, 7) is 5.93. The molecule has 16 heavy (non-hydrogen) atoms. The first kappa shape index (κ1) is 12.3. The lowest BCUT2D eigenvalue weighted by Gasteiger charge is -2.23. The molecule has 1 N–H and O–H groups in total. The first-order chi connectivity index (χ1) is 7.70. The Bertz CT molecular complexity index is 212. The first-order valence-corrected chi connectivity index (χ1v) is 6.73. The molecule has 1 aliphatic carbocycles. The lowest BCUT2D eigenvalue weighted by atomic mass is 9.98. The Morgan fingerprint density at radius 3 is 2.75 bits per heavy atom. The summed E-state index contributed by atoms with van der Waals surface area (Å²) in [5.74, 6) is 0.582. The van der Waals surface area contributed by atoms with E-state index >= 15 is 0 Å². The molecule has 0 amide bonds. The van der Waals surface area contributed by atoms with Crippen molar-refractivity contribution in [1.29, 1.82) is 0 Å². The van der Waals surface area contributed by atoms with Gasteiger partial charge in [-0.1, -0.05) is 26.7 Å². The van der Waals surface area contributed by atoms with E-state index in [-0.39, 0.29) is 5.60 Å². The molecule has 0 radical (unpaired) electrons. The summed E-state index contributed by atoms with van der Waals surface area (Å²) in [6.07, 6.45) is 8.06. The second kappa shape index (κ2) is 5.48. The molecule has 1 heterocycles. The second-order valence-electron chi connectivity index (χ2n) is 5.72. The van der Waals surface area contributed by atoms with Crippen LogP contribution in [0.3, 0.4) is 0 Å². The highest BCUT2D eigenvalue weighted by molar-refractivity contribution is 4.92. The van der Waals surface area contributed by atoms with Crippen LogP contribution in [0.25, 0.3) is 0 Å². The molecule has 3 nitrogen and oxygen atoms in total. The lowest BCUT2D eigenvalue weighted by molar-refractivity contribution is -0.0602. The van der Waals surface area contributed by atoms with E-state index in [1.54, 1.807) is 0 Å². The minimum Gasteiger partial charge on any atom is -0.370 e.